The SMILES string of the molecule is CC1(C)OB(c2ccc3nc(-c4ccccc4)c4cccc(-c5ccccc5)c4c3c2)OC1(C)C.c1ccc(-c2cc(-c3cccc(-c4ccc5nc(-c6ccccc6)c6cccc(-c7ccccc7)c6c5c4)c3)nc(-c3ccccc3)n2)cc1. The summed E-state index contributed by atoms with van der Waals surface area (Å²) in [5.74, 6) is 0.707. The molecular formula is C78H59BN4O2. The summed E-state index contributed by atoms with van der Waals surface area (Å²) in [5.41, 5.74) is 18.2. The molecule has 0 N–H and O–H groups in total. The first kappa shape index (κ1) is 52.9. The lowest BCUT2D eigenvalue weighted by Crippen LogP contribution is -2.41. The molecule has 7 heteroatoms. The fourth-order valence-electron chi connectivity index (χ4n) is 11.7. The number of hydrogen-bond donors (Lipinski definition) is 0. The second-order valence-corrected chi connectivity index (χ2v) is 22.7. The molecule has 0 radical (unpaired) electrons. The third kappa shape index (κ3) is 10.2. The van der Waals surface area contributed by atoms with Crippen molar-refractivity contribution in [1.29, 1.82) is 0 Å². The van der Waals surface area contributed by atoms with E-state index < -0.39 is 7.12 Å². The number of fused-ring (bicyclic) bond motifs is 6. The van der Waals surface area contributed by atoms with Crippen LogP contribution in [0.3, 0.4) is 0 Å². The van der Waals surface area contributed by atoms with Gasteiger partial charge in [0.1, 0.15) is 0 Å². The fraction of sp³-hybridized carbons (Fsp3) is 0.0769. The zero-order chi connectivity index (χ0) is 57.5. The van der Waals surface area contributed by atoms with Gasteiger partial charge in [-0.05, 0) is 96.9 Å². The zero-order valence-electron chi connectivity index (χ0n) is 47.8. The molecule has 0 aliphatic carbocycles. The summed E-state index contributed by atoms with van der Waals surface area (Å²) in [7, 11) is -0.419. The molecule has 85 heavy (non-hydrogen) atoms. The molecule has 3 aromatic heterocycles. The van der Waals surface area contributed by atoms with Crippen LogP contribution in [0.15, 0.2) is 285 Å². The summed E-state index contributed by atoms with van der Waals surface area (Å²) in [4.78, 5) is 20.5. The molecule has 1 aliphatic rings. The van der Waals surface area contributed by atoms with E-state index in [4.69, 9.17) is 29.2 Å². The van der Waals surface area contributed by atoms with Gasteiger partial charge in [0, 0.05) is 60.1 Å². The Labute approximate surface area is 496 Å². The van der Waals surface area contributed by atoms with E-state index in [1.54, 1.807) is 0 Å². The van der Waals surface area contributed by atoms with Gasteiger partial charge in [-0.3, -0.25) is 0 Å². The van der Waals surface area contributed by atoms with Crippen molar-refractivity contribution >= 4 is 55.9 Å². The van der Waals surface area contributed by atoms with E-state index >= 15 is 0 Å². The maximum absolute atomic E-state index is 6.38. The zero-order valence-corrected chi connectivity index (χ0v) is 47.8. The van der Waals surface area contributed by atoms with Gasteiger partial charge in [0.2, 0.25) is 0 Å². The van der Waals surface area contributed by atoms with E-state index in [1.807, 2.05) is 42.5 Å². The van der Waals surface area contributed by atoms with Gasteiger partial charge in [0.25, 0.3) is 0 Å². The number of benzene rings is 11. The van der Waals surface area contributed by atoms with Crippen LogP contribution in [0.5, 0.6) is 0 Å². The standard InChI is InChI=1S/C47H31N3.C31H28BNO2/c1-5-15-32(16-6-1)39-25-14-26-40-45(39)41-30-37(27-28-42(41)48-46(40)34-19-9-3-10-20-34)36-23-13-24-38(29-36)44-31-43(33-17-7-2-8-18-33)49-47(50-44)35-21-11-4-12-22-35;1-30(2)31(3,4)35-32(34-30)23-18-19-27-26(20-23)28-24(21-12-7-5-8-13-21)16-11-17-25(28)29(33-27)22-14-9-6-10-15-22/h1-31H;5-20H,1-4H3. The van der Waals surface area contributed by atoms with Crippen LogP contribution >= 0.6 is 0 Å². The number of pyridine rings is 2. The van der Waals surface area contributed by atoms with Crippen molar-refractivity contribution in [1.82, 2.24) is 19.9 Å². The van der Waals surface area contributed by atoms with Crippen LogP contribution in [0.25, 0.3) is 133 Å². The molecule has 0 spiro atoms. The quantitative estimate of drug-likeness (QED) is 0.106. The largest absolute Gasteiger partial charge is 0.494 e. The average molecular weight is 1100 g/mol. The Balaban J connectivity index is 0.000000161. The molecule has 406 valence electrons. The van der Waals surface area contributed by atoms with Gasteiger partial charge in [-0.15, -0.1) is 0 Å². The molecule has 4 heterocycles. The van der Waals surface area contributed by atoms with E-state index in [-0.39, 0.29) is 11.2 Å². The maximum atomic E-state index is 6.38. The van der Waals surface area contributed by atoms with Crippen LogP contribution in [0.4, 0.5) is 0 Å². The van der Waals surface area contributed by atoms with Gasteiger partial charge >= 0.3 is 7.12 Å². The smallest absolute Gasteiger partial charge is 0.399 e. The van der Waals surface area contributed by atoms with Gasteiger partial charge in [0.05, 0.1) is 45.0 Å². The summed E-state index contributed by atoms with van der Waals surface area (Å²) in [6, 6.07) is 99.5. The van der Waals surface area contributed by atoms with E-state index in [1.165, 1.54) is 33.0 Å². The highest BCUT2D eigenvalue weighted by Gasteiger charge is 2.51. The summed E-state index contributed by atoms with van der Waals surface area (Å²) < 4.78 is 12.8. The molecule has 0 bridgehead atoms. The average Bonchev–Trinajstić information content (AvgIpc) is 1.59. The van der Waals surface area contributed by atoms with E-state index in [2.05, 4.69) is 270 Å². The second kappa shape index (κ2) is 22.2. The minimum atomic E-state index is -0.419. The number of rotatable bonds is 9. The molecule has 14 aromatic rings. The Morgan fingerprint density at radius 3 is 1.18 bits per heavy atom. The number of hydrogen-bond acceptors (Lipinski definition) is 6. The highest BCUT2D eigenvalue weighted by Crippen LogP contribution is 2.43. The Kier molecular flexibility index (Phi) is 13.8. The van der Waals surface area contributed by atoms with Crippen molar-refractivity contribution in [2.45, 2.75) is 38.9 Å². The summed E-state index contributed by atoms with van der Waals surface area (Å²) in [5, 5.41) is 6.90. The third-order valence-electron chi connectivity index (χ3n) is 16.8. The molecule has 15 rings (SSSR count). The molecule has 0 unspecified atom stereocenters. The van der Waals surface area contributed by atoms with Gasteiger partial charge in [0.15, 0.2) is 5.82 Å². The van der Waals surface area contributed by atoms with Crippen molar-refractivity contribution in [2.75, 3.05) is 0 Å². The minimum absolute atomic E-state index is 0.390. The van der Waals surface area contributed by atoms with Crippen LogP contribution in [-0.4, -0.2) is 38.3 Å². The molecule has 1 fully saturated rings. The van der Waals surface area contributed by atoms with Gasteiger partial charge in [-0.25, -0.2) is 19.9 Å². The summed E-state index contributed by atoms with van der Waals surface area (Å²) >= 11 is 0. The molecule has 11 aromatic carbocycles. The molecule has 0 saturated carbocycles. The first-order chi connectivity index (χ1) is 41.6. The van der Waals surface area contributed by atoms with E-state index in [0.29, 0.717) is 5.82 Å². The van der Waals surface area contributed by atoms with Crippen LogP contribution < -0.4 is 5.46 Å². The summed E-state index contributed by atoms with van der Waals surface area (Å²) in [6.45, 7) is 8.35. The molecular weight excluding hydrogens is 1040 g/mol. The summed E-state index contributed by atoms with van der Waals surface area (Å²) in [6.07, 6.45) is 0. The normalized spacial score (nSPS) is 13.5. The first-order valence-electron chi connectivity index (χ1n) is 29.0. The Morgan fingerprint density at radius 2 is 0.671 bits per heavy atom. The monoisotopic (exact) mass is 1090 g/mol. The number of aromatic nitrogens is 4. The van der Waals surface area contributed by atoms with Crippen molar-refractivity contribution < 1.29 is 9.31 Å². The lowest BCUT2D eigenvalue weighted by atomic mass is 9.78. The van der Waals surface area contributed by atoms with Gasteiger partial charge < -0.3 is 9.31 Å². The molecule has 1 saturated heterocycles. The maximum Gasteiger partial charge on any atom is 0.494 e. The fourth-order valence-corrected chi connectivity index (χ4v) is 11.7. The van der Waals surface area contributed by atoms with Crippen LogP contribution in [-0.2, 0) is 9.31 Å². The second-order valence-electron chi connectivity index (χ2n) is 22.7. The van der Waals surface area contributed by atoms with Crippen molar-refractivity contribution in [3.8, 4) is 89.8 Å². The predicted octanol–water partition coefficient (Wildman–Crippen LogP) is 19.2. The van der Waals surface area contributed by atoms with Crippen LogP contribution in [0.1, 0.15) is 27.7 Å². The first-order valence-corrected chi connectivity index (χ1v) is 29.0. The van der Waals surface area contributed by atoms with E-state index in [9.17, 15) is 0 Å². The van der Waals surface area contributed by atoms with Crippen molar-refractivity contribution in [2.24, 2.45) is 0 Å². The Hall–Kier alpha value is -10.2. The topological polar surface area (TPSA) is 70.0 Å². The molecule has 0 atom stereocenters. The minimum Gasteiger partial charge on any atom is -0.399 e. The van der Waals surface area contributed by atoms with Crippen molar-refractivity contribution in [3.63, 3.8) is 0 Å². The highest BCUT2D eigenvalue weighted by molar-refractivity contribution is 6.62. The molecule has 1 aliphatic heterocycles. The Morgan fingerprint density at radius 1 is 0.282 bits per heavy atom. The van der Waals surface area contributed by atoms with Gasteiger partial charge in [-0.2, -0.15) is 0 Å². The predicted molar refractivity (Wildman–Crippen MR) is 353 cm³/mol. The number of nitrogens with zero attached hydrogens (tertiary/aromatic N) is 4. The van der Waals surface area contributed by atoms with Crippen LogP contribution in [0.2, 0.25) is 0 Å². The lowest BCUT2D eigenvalue weighted by molar-refractivity contribution is 0.00578. The Bertz CT molecular complexity index is 4680. The van der Waals surface area contributed by atoms with Gasteiger partial charge in [-0.1, -0.05) is 255 Å². The third-order valence-corrected chi connectivity index (χ3v) is 16.8. The van der Waals surface area contributed by atoms with Crippen molar-refractivity contribution in [3.05, 3.63) is 285 Å². The lowest BCUT2D eigenvalue weighted by Gasteiger charge is -2.32. The molecule has 6 nitrogen and oxygen atoms in total. The van der Waals surface area contributed by atoms with Crippen LogP contribution in [0, 0.1) is 0 Å². The van der Waals surface area contributed by atoms with E-state index in [0.717, 1.165) is 99.8 Å². The highest BCUT2D eigenvalue weighted by atomic mass is 16.7. The molecule has 0 amide bonds.